The summed E-state index contributed by atoms with van der Waals surface area (Å²) in [5.41, 5.74) is 0.179. The zero-order valence-corrected chi connectivity index (χ0v) is 9.07. The van der Waals surface area contributed by atoms with E-state index in [9.17, 15) is 0 Å². The number of aliphatic hydroxyl groups is 1. The SMILES string of the molecule is CCC(C)(C)CNC(C)(C)CO. The van der Waals surface area contributed by atoms with Crippen molar-refractivity contribution in [2.75, 3.05) is 13.2 Å². The maximum atomic E-state index is 9.00. The fourth-order valence-corrected chi connectivity index (χ4v) is 0.659. The average Bonchev–Trinajstić information content (AvgIpc) is 2.02. The number of rotatable bonds is 5. The summed E-state index contributed by atoms with van der Waals surface area (Å²) in [5.74, 6) is 0. The molecule has 0 aliphatic heterocycles. The third kappa shape index (κ3) is 4.73. The zero-order valence-electron chi connectivity index (χ0n) is 9.07. The van der Waals surface area contributed by atoms with Gasteiger partial charge in [0.2, 0.25) is 0 Å². The Hall–Kier alpha value is -0.0800. The summed E-state index contributed by atoms with van der Waals surface area (Å²) in [6.45, 7) is 11.8. The Bertz CT molecular complexity index is 114. The molecular formula is C10H23NO. The first-order chi connectivity index (χ1) is 5.33. The van der Waals surface area contributed by atoms with Crippen molar-refractivity contribution < 1.29 is 5.11 Å². The smallest absolute Gasteiger partial charge is 0.0607 e. The lowest BCUT2D eigenvalue weighted by atomic mass is 9.89. The summed E-state index contributed by atoms with van der Waals surface area (Å²) in [6.07, 6.45) is 1.15. The van der Waals surface area contributed by atoms with Crippen molar-refractivity contribution in [3.05, 3.63) is 0 Å². The summed E-state index contributed by atoms with van der Waals surface area (Å²) in [7, 11) is 0. The van der Waals surface area contributed by atoms with Gasteiger partial charge in [-0.2, -0.15) is 0 Å². The van der Waals surface area contributed by atoms with Crippen LogP contribution in [0, 0.1) is 5.41 Å². The van der Waals surface area contributed by atoms with Crippen molar-refractivity contribution in [2.45, 2.75) is 46.6 Å². The highest BCUT2D eigenvalue weighted by Gasteiger charge is 2.21. The van der Waals surface area contributed by atoms with E-state index in [1.807, 2.05) is 13.8 Å². The van der Waals surface area contributed by atoms with Gasteiger partial charge in [-0.25, -0.2) is 0 Å². The Balaban J connectivity index is 3.82. The van der Waals surface area contributed by atoms with Gasteiger partial charge in [0.15, 0.2) is 0 Å². The predicted molar refractivity (Wildman–Crippen MR) is 53.2 cm³/mol. The number of nitrogens with one attached hydrogen (secondary N) is 1. The van der Waals surface area contributed by atoms with Gasteiger partial charge in [0.05, 0.1) is 6.61 Å². The molecule has 0 saturated carbocycles. The molecule has 0 unspecified atom stereocenters. The highest BCUT2D eigenvalue weighted by atomic mass is 16.3. The molecule has 0 atom stereocenters. The molecule has 12 heavy (non-hydrogen) atoms. The highest BCUT2D eigenvalue weighted by Crippen LogP contribution is 2.19. The minimum absolute atomic E-state index is 0.146. The molecule has 0 saturated heterocycles. The summed E-state index contributed by atoms with van der Waals surface area (Å²) in [4.78, 5) is 0. The first-order valence-corrected chi connectivity index (χ1v) is 4.69. The average molecular weight is 173 g/mol. The third-order valence-electron chi connectivity index (χ3n) is 2.40. The maximum Gasteiger partial charge on any atom is 0.0607 e. The second kappa shape index (κ2) is 4.24. The van der Waals surface area contributed by atoms with E-state index in [1.54, 1.807) is 0 Å². The topological polar surface area (TPSA) is 32.3 Å². The molecular weight excluding hydrogens is 150 g/mol. The molecule has 0 bridgehead atoms. The Kier molecular flexibility index (Phi) is 4.21. The second-order valence-corrected chi connectivity index (χ2v) is 4.91. The van der Waals surface area contributed by atoms with Gasteiger partial charge in [-0.1, -0.05) is 20.8 Å². The Morgan fingerprint density at radius 1 is 1.17 bits per heavy atom. The van der Waals surface area contributed by atoms with Crippen LogP contribution in [0.5, 0.6) is 0 Å². The van der Waals surface area contributed by atoms with E-state index in [0.717, 1.165) is 13.0 Å². The van der Waals surface area contributed by atoms with E-state index in [4.69, 9.17) is 5.11 Å². The van der Waals surface area contributed by atoms with Crippen LogP contribution in [0.15, 0.2) is 0 Å². The van der Waals surface area contributed by atoms with E-state index >= 15 is 0 Å². The summed E-state index contributed by atoms with van der Waals surface area (Å²) in [6, 6.07) is 0. The monoisotopic (exact) mass is 173 g/mol. The van der Waals surface area contributed by atoms with Crippen LogP contribution in [0.3, 0.4) is 0 Å². The quantitative estimate of drug-likeness (QED) is 0.664. The van der Waals surface area contributed by atoms with Gasteiger partial charge in [-0.3, -0.25) is 0 Å². The van der Waals surface area contributed by atoms with Gasteiger partial charge in [-0.05, 0) is 25.7 Å². The normalized spacial score (nSPS) is 13.5. The van der Waals surface area contributed by atoms with Gasteiger partial charge < -0.3 is 10.4 Å². The molecule has 0 amide bonds. The summed E-state index contributed by atoms with van der Waals surface area (Å²) < 4.78 is 0. The van der Waals surface area contributed by atoms with Crippen LogP contribution < -0.4 is 5.32 Å². The van der Waals surface area contributed by atoms with Crippen molar-refractivity contribution in [2.24, 2.45) is 5.41 Å². The van der Waals surface area contributed by atoms with Gasteiger partial charge in [0.25, 0.3) is 0 Å². The van der Waals surface area contributed by atoms with Crippen LogP contribution in [-0.4, -0.2) is 23.8 Å². The fourth-order valence-electron chi connectivity index (χ4n) is 0.659. The molecule has 0 aliphatic carbocycles. The molecule has 0 rings (SSSR count). The molecule has 0 aromatic heterocycles. The van der Waals surface area contributed by atoms with Gasteiger partial charge >= 0.3 is 0 Å². The largest absolute Gasteiger partial charge is 0.394 e. The molecule has 2 nitrogen and oxygen atoms in total. The van der Waals surface area contributed by atoms with Gasteiger partial charge in [0, 0.05) is 12.1 Å². The number of hydrogen-bond acceptors (Lipinski definition) is 2. The van der Waals surface area contributed by atoms with E-state index in [0.29, 0.717) is 5.41 Å². The predicted octanol–water partition coefficient (Wildman–Crippen LogP) is 1.78. The van der Waals surface area contributed by atoms with E-state index in [1.165, 1.54) is 0 Å². The fraction of sp³-hybridized carbons (Fsp3) is 1.00. The van der Waals surface area contributed by atoms with Gasteiger partial charge in [0.1, 0.15) is 0 Å². The minimum atomic E-state index is -0.146. The third-order valence-corrected chi connectivity index (χ3v) is 2.40. The Morgan fingerprint density at radius 3 is 2.00 bits per heavy atom. The Labute approximate surface area is 76.4 Å². The first-order valence-electron chi connectivity index (χ1n) is 4.69. The molecule has 2 heteroatoms. The van der Waals surface area contributed by atoms with Crippen LogP contribution in [0.1, 0.15) is 41.0 Å². The van der Waals surface area contributed by atoms with E-state index < -0.39 is 0 Å². The van der Waals surface area contributed by atoms with Crippen molar-refractivity contribution in [1.29, 1.82) is 0 Å². The van der Waals surface area contributed by atoms with Crippen molar-refractivity contribution >= 4 is 0 Å². The lowest BCUT2D eigenvalue weighted by molar-refractivity contribution is 0.170. The molecule has 74 valence electrons. The molecule has 0 radical (unpaired) electrons. The van der Waals surface area contributed by atoms with Crippen LogP contribution in [0.2, 0.25) is 0 Å². The van der Waals surface area contributed by atoms with Crippen LogP contribution in [0.4, 0.5) is 0 Å². The minimum Gasteiger partial charge on any atom is -0.394 e. The Morgan fingerprint density at radius 2 is 1.67 bits per heavy atom. The van der Waals surface area contributed by atoms with Crippen LogP contribution in [-0.2, 0) is 0 Å². The molecule has 0 aliphatic rings. The molecule has 0 aromatic rings. The molecule has 2 N–H and O–H groups in total. The lowest BCUT2D eigenvalue weighted by Gasteiger charge is -2.30. The molecule has 0 heterocycles. The van der Waals surface area contributed by atoms with Crippen molar-refractivity contribution in [3.63, 3.8) is 0 Å². The molecule has 0 fully saturated rings. The zero-order chi connectivity index (χ0) is 9.83. The second-order valence-electron chi connectivity index (χ2n) is 4.91. The molecule has 0 aromatic carbocycles. The first kappa shape index (κ1) is 11.9. The standard InChI is InChI=1S/C10H23NO/c1-6-9(2,3)7-11-10(4,5)8-12/h11-12H,6-8H2,1-5H3. The number of aliphatic hydroxyl groups excluding tert-OH is 1. The van der Waals surface area contributed by atoms with Crippen LogP contribution in [0.25, 0.3) is 0 Å². The maximum absolute atomic E-state index is 9.00. The van der Waals surface area contributed by atoms with Gasteiger partial charge in [-0.15, -0.1) is 0 Å². The van der Waals surface area contributed by atoms with Crippen LogP contribution >= 0.6 is 0 Å². The highest BCUT2D eigenvalue weighted by molar-refractivity contribution is 4.80. The summed E-state index contributed by atoms with van der Waals surface area (Å²) in [5, 5.41) is 12.4. The lowest BCUT2D eigenvalue weighted by Crippen LogP contribution is -2.46. The molecule has 0 spiro atoms. The van der Waals surface area contributed by atoms with Crippen molar-refractivity contribution in [1.82, 2.24) is 5.32 Å². The van der Waals surface area contributed by atoms with Crippen molar-refractivity contribution in [3.8, 4) is 0 Å². The summed E-state index contributed by atoms with van der Waals surface area (Å²) >= 11 is 0. The van der Waals surface area contributed by atoms with E-state index in [2.05, 4.69) is 26.1 Å². The van der Waals surface area contributed by atoms with E-state index in [-0.39, 0.29) is 12.1 Å². The number of hydrogen-bond donors (Lipinski definition) is 2.